The number of hydrogen-bond donors (Lipinski definition) is 1. The molecule has 0 bridgehead atoms. The van der Waals surface area contributed by atoms with E-state index in [1.165, 1.54) is 0 Å². The molecule has 1 saturated carbocycles. The number of rotatable bonds is 1. The summed E-state index contributed by atoms with van der Waals surface area (Å²) in [4.78, 5) is 0. The van der Waals surface area contributed by atoms with Crippen LogP contribution in [0.4, 0.5) is 0 Å². The maximum atomic E-state index is 9.74. The SMILES string of the molecule is Cc1cc(C2(C#N)CC2)c(C)c(Br)c1O. The smallest absolute Gasteiger partial charge is 0.132 e. The van der Waals surface area contributed by atoms with Gasteiger partial charge in [0.25, 0.3) is 0 Å². The standard InChI is InChI=1S/C12H12BrNO/c1-7-5-9(12(6-14)3-4-12)8(2)10(13)11(7)15/h5,15H,3-4H2,1-2H3. The Balaban J connectivity index is 2.65. The quantitative estimate of drug-likeness (QED) is 0.847. The zero-order valence-corrected chi connectivity index (χ0v) is 10.3. The summed E-state index contributed by atoms with van der Waals surface area (Å²) < 4.78 is 0.721. The summed E-state index contributed by atoms with van der Waals surface area (Å²) in [6, 6.07) is 4.32. The highest BCUT2D eigenvalue weighted by molar-refractivity contribution is 9.10. The van der Waals surface area contributed by atoms with Crippen LogP contribution in [0.25, 0.3) is 0 Å². The second-order valence-electron chi connectivity index (χ2n) is 4.22. The predicted molar refractivity (Wildman–Crippen MR) is 61.8 cm³/mol. The van der Waals surface area contributed by atoms with Gasteiger partial charge in [-0.3, -0.25) is 0 Å². The molecule has 15 heavy (non-hydrogen) atoms. The highest BCUT2D eigenvalue weighted by atomic mass is 79.9. The summed E-state index contributed by atoms with van der Waals surface area (Å²) in [7, 11) is 0. The van der Waals surface area contributed by atoms with Crippen molar-refractivity contribution in [1.82, 2.24) is 0 Å². The van der Waals surface area contributed by atoms with Crippen molar-refractivity contribution in [2.24, 2.45) is 0 Å². The van der Waals surface area contributed by atoms with Crippen LogP contribution in [0.15, 0.2) is 10.5 Å². The number of aromatic hydroxyl groups is 1. The van der Waals surface area contributed by atoms with Crippen LogP contribution in [0.3, 0.4) is 0 Å². The molecule has 0 radical (unpaired) electrons. The van der Waals surface area contributed by atoms with E-state index >= 15 is 0 Å². The van der Waals surface area contributed by atoms with Gasteiger partial charge in [-0.2, -0.15) is 5.26 Å². The van der Waals surface area contributed by atoms with Gasteiger partial charge in [0.05, 0.1) is 16.0 Å². The second kappa shape index (κ2) is 3.24. The van der Waals surface area contributed by atoms with E-state index in [4.69, 9.17) is 5.26 Å². The van der Waals surface area contributed by atoms with Gasteiger partial charge in [0.1, 0.15) is 5.75 Å². The molecule has 0 atom stereocenters. The first-order chi connectivity index (χ1) is 7.02. The van der Waals surface area contributed by atoms with E-state index in [-0.39, 0.29) is 11.2 Å². The zero-order chi connectivity index (χ0) is 11.2. The number of aryl methyl sites for hydroxylation is 1. The van der Waals surface area contributed by atoms with Crippen LogP contribution in [0, 0.1) is 25.2 Å². The van der Waals surface area contributed by atoms with Crippen molar-refractivity contribution in [1.29, 1.82) is 5.26 Å². The highest BCUT2D eigenvalue weighted by Crippen LogP contribution is 2.51. The van der Waals surface area contributed by atoms with E-state index < -0.39 is 0 Å². The number of phenols is 1. The van der Waals surface area contributed by atoms with E-state index in [0.717, 1.165) is 34.0 Å². The molecule has 1 aliphatic carbocycles. The molecule has 3 heteroatoms. The second-order valence-corrected chi connectivity index (χ2v) is 5.02. The molecule has 1 N–H and O–H groups in total. The monoisotopic (exact) mass is 265 g/mol. The van der Waals surface area contributed by atoms with Crippen molar-refractivity contribution in [2.45, 2.75) is 32.1 Å². The van der Waals surface area contributed by atoms with Crippen LogP contribution in [0.2, 0.25) is 0 Å². The van der Waals surface area contributed by atoms with Crippen molar-refractivity contribution in [3.05, 3.63) is 27.2 Å². The van der Waals surface area contributed by atoms with Gasteiger partial charge >= 0.3 is 0 Å². The maximum Gasteiger partial charge on any atom is 0.132 e. The molecule has 1 fully saturated rings. The lowest BCUT2D eigenvalue weighted by Crippen LogP contribution is -2.06. The van der Waals surface area contributed by atoms with Gasteiger partial charge in [-0.1, -0.05) is 6.07 Å². The summed E-state index contributed by atoms with van der Waals surface area (Å²) in [5.41, 5.74) is 2.58. The van der Waals surface area contributed by atoms with Crippen molar-refractivity contribution < 1.29 is 5.11 Å². The Morgan fingerprint density at radius 3 is 2.53 bits per heavy atom. The van der Waals surface area contributed by atoms with E-state index in [2.05, 4.69) is 22.0 Å². The summed E-state index contributed by atoms with van der Waals surface area (Å²) in [5, 5.41) is 18.9. The molecule has 2 nitrogen and oxygen atoms in total. The Morgan fingerprint density at radius 2 is 2.07 bits per heavy atom. The summed E-state index contributed by atoms with van der Waals surface area (Å²) >= 11 is 3.37. The molecule has 0 spiro atoms. The maximum absolute atomic E-state index is 9.74. The largest absolute Gasteiger partial charge is 0.506 e. The number of halogens is 1. The van der Waals surface area contributed by atoms with Crippen molar-refractivity contribution in [3.8, 4) is 11.8 Å². The Morgan fingerprint density at radius 1 is 1.47 bits per heavy atom. The molecule has 0 heterocycles. The summed E-state index contributed by atoms with van der Waals surface area (Å²) in [6.07, 6.45) is 1.86. The zero-order valence-electron chi connectivity index (χ0n) is 8.76. The van der Waals surface area contributed by atoms with Crippen LogP contribution in [0.1, 0.15) is 29.5 Å². The molecule has 0 amide bonds. The van der Waals surface area contributed by atoms with Crippen LogP contribution in [-0.2, 0) is 5.41 Å². The third kappa shape index (κ3) is 1.44. The minimum absolute atomic E-state index is 0.282. The molecule has 0 aliphatic heterocycles. The minimum atomic E-state index is -0.287. The molecule has 78 valence electrons. The molecule has 1 aromatic carbocycles. The van der Waals surface area contributed by atoms with Crippen molar-refractivity contribution in [2.75, 3.05) is 0 Å². The Labute approximate surface area is 97.7 Å². The first-order valence-electron chi connectivity index (χ1n) is 4.92. The minimum Gasteiger partial charge on any atom is -0.506 e. The molecule has 0 unspecified atom stereocenters. The van der Waals surface area contributed by atoms with E-state index in [0.29, 0.717) is 0 Å². The van der Waals surface area contributed by atoms with Crippen LogP contribution < -0.4 is 0 Å². The third-order valence-electron chi connectivity index (χ3n) is 3.16. The van der Waals surface area contributed by atoms with Crippen molar-refractivity contribution in [3.63, 3.8) is 0 Å². The first kappa shape index (κ1) is 10.5. The van der Waals surface area contributed by atoms with Crippen LogP contribution in [0.5, 0.6) is 5.75 Å². The summed E-state index contributed by atoms with van der Waals surface area (Å²) in [5.74, 6) is 0.282. The molecule has 1 aromatic rings. The van der Waals surface area contributed by atoms with Gasteiger partial charge in [-0.05, 0) is 59.3 Å². The fourth-order valence-electron chi connectivity index (χ4n) is 1.93. The lowest BCUT2D eigenvalue weighted by molar-refractivity contribution is 0.466. The first-order valence-corrected chi connectivity index (χ1v) is 5.71. The molecule has 0 saturated heterocycles. The number of phenolic OH excluding ortho intramolecular Hbond substituents is 1. The fourth-order valence-corrected chi connectivity index (χ4v) is 2.45. The highest BCUT2D eigenvalue weighted by Gasteiger charge is 2.46. The van der Waals surface area contributed by atoms with Gasteiger partial charge in [-0.15, -0.1) is 0 Å². The molecule has 2 rings (SSSR count). The Bertz CT molecular complexity index is 469. The molecular formula is C12H12BrNO. The van der Waals surface area contributed by atoms with Gasteiger partial charge in [0.2, 0.25) is 0 Å². The van der Waals surface area contributed by atoms with Crippen molar-refractivity contribution >= 4 is 15.9 Å². The van der Waals surface area contributed by atoms with Gasteiger partial charge in [0.15, 0.2) is 0 Å². The number of hydrogen-bond acceptors (Lipinski definition) is 2. The number of nitrogens with zero attached hydrogens (tertiary/aromatic N) is 1. The van der Waals surface area contributed by atoms with Crippen LogP contribution >= 0.6 is 15.9 Å². The van der Waals surface area contributed by atoms with Crippen LogP contribution in [-0.4, -0.2) is 5.11 Å². The summed E-state index contributed by atoms with van der Waals surface area (Å²) in [6.45, 7) is 3.80. The fraction of sp³-hybridized carbons (Fsp3) is 0.417. The number of nitriles is 1. The lowest BCUT2D eigenvalue weighted by atomic mass is 9.91. The van der Waals surface area contributed by atoms with Gasteiger partial charge < -0.3 is 5.11 Å². The average molecular weight is 266 g/mol. The average Bonchev–Trinajstić information content (AvgIpc) is 3.01. The topological polar surface area (TPSA) is 44.0 Å². The number of benzene rings is 1. The van der Waals surface area contributed by atoms with E-state index in [9.17, 15) is 5.11 Å². The van der Waals surface area contributed by atoms with Gasteiger partial charge in [-0.25, -0.2) is 0 Å². The normalized spacial score (nSPS) is 17.2. The lowest BCUT2D eigenvalue weighted by Gasteiger charge is -2.15. The van der Waals surface area contributed by atoms with E-state index in [1.54, 1.807) is 0 Å². The third-order valence-corrected chi connectivity index (χ3v) is 4.13. The Hall–Kier alpha value is -1.01. The van der Waals surface area contributed by atoms with E-state index in [1.807, 2.05) is 19.9 Å². The molecule has 1 aliphatic rings. The van der Waals surface area contributed by atoms with Gasteiger partial charge in [0, 0.05) is 0 Å². The predicted octanol–water partition coefficient (Wildman–Crippen LogP) is 3.33. The molecule has 0 aromatic heterocycles. The Kier molecular flexibility index (Phi) is 2.27. The molecular weight excluding hydrogens is 254 g/mol.